The molecule has 0 fully saturated rings. The van der Waals surface area contributed by atoms with E-state index in [0.717, 1.165) is 10.0 Å². The Morgan fingerprint density at radius 3 is 2.52 bits per heavy atom. The maximum Gasteiger partial charge on any atom is 0.270 e. The van der Waals surface area contributed by atoms with Gasteiger partial charge in [-0.25, -0.2) is 10.4 Å². The first-order valence-electron chi connectivity index (χ1n) is 9.55. The molecular formula is C22H20BrN5O3. The highest BCUT2D eigenvalue weighted by molar-refractivity contribution is 9.10. The monoisotopic (exact) mass is 481 g/mol. The third kappa shape index (κ3) is 5.29. The topological polar surface area (TPSA) is 112 Å². The quantitative estimate of drug-likeness (QED) is 0.366. The zero-order valence-electron chi connectivity index (χ0n) is 17.0. The number of hydrazone groups is 1. The number of nitrogens with zero attached hydrogens (tertiary/aromatic N) is 3. The molecule has 0 saturated heterocycles. The lowest BCUT2D eigenvalue weighted by Gasteiger charge is -2.12. The van der Waals surface area contributed by atoms with Crippen LogP contribution < -0.4 is 20.5 Å². The minimum Gasteiger partial charge on any atom is -0.490 e. The summed E-state index contributed by atoms with van der Waals surface area (Å²) in [7, 11) is 0. The molecule has 0 bridgehead atoms. The van der Waals surface area contributed by atoms with Crippen LogP contribution in [0.1, 0.15) is 25.0 Å². The predicted molar refractivity (Wildman–Crippen MR) is 123 cm³/mol. The summed E-state index contributed by atoms with van der Waals surface area (Å²) in [6.45, 7) is 4.81. The van der Waals surface area contributed by atoms with Crippen LogP contribution in [0, 0.1) is 11.3 Å². The van der Waals surface area contributed by atoms with Crippen LogP contribution in [0.5, 0.6) is 11.5 Å². The van der Waals surface area contributed by atoms with Crippen LogP contribution in [0.3, 0.4) is 0 Å². The van der Waals surface area contributed by atoms with Crippen molar-refractivity contribution in [3.8, 4) is 28.8 Å². The van der Waals surface area contributed by atoms with Crippen LogP contribution in [0.25, 0.3) is 11.3 Å². The van der Waals surface area contributed by atoms with Gasteiger partial charge in [-0.15, -0.1) is 0 Å². The standard InChI is InChI=1S/C22H20BrN5O3/c1-3-30-18-10-15(17(23)11-19(18)31-4-2)13-25-28-22-26-20(14-8-6-5-7-9-14)16(12-24)21(29)27-22/h5-11,13H,3-4H2,1-2H3,(H2,26,27,28,29). The SMILES string of the molecule is CCOc1cc(Br)c(C=NNc2nc(-c3ccccc3)c(C#N)c(=O)[nH]2)cc1OCC. The van der Waals surface area contributed by atoms with Crippen molar-refractivity contribution in [3.63, 3.8) is 0 Å². The summed E-state index contributed by atoms with van der Waals surface area (Å²) in [6, 6.07) is 14.5. The highest BCUT2D eigenvalue weighted by atomic mass is 79.9. The summed E-state index contributed by atoms with van der Waals surface area (Å²) < 4.78 is 12.0. The van der Waals surface area contributed by atoms with E-state index in [1.165, 1.54) is 0 Å². The number of hydrogen-bond donors (Lipinski definition) is 2. The lowest BCUT2D eigenvalue weighted by Crippen LogP contribution is -2.16. The van der Waals surface area contributed by atoms with Crippen molar-refractivity contribution < 1.29 is 9.47 Å². The first-order chi connectivity index (χ1) is 15.1. The lowest BCUT2D eigenvalue weighted by molar-refractivity contribution is 0.287. The Morgan fingerprint density at radius 2 is 1.87 bits per heavy atom. The third-order valence-corrected chi connectivity index (χ3v) is 4.80. The van der Waals surface area contributed by atoms with Crippen molar-refractivity contribution in [2.75, 3.05) is 18.6 Å². The molecule has 0 aliphatic rings. The smallest absolute Gasteiger partial charge is 0.270 e. The van der Waals surface area contributed by atoms with Crippen molar-refractivity contribution in [2.24, 2.45) is 5.10 Å². The van der Waals surface area contributed by atoms with Crippen molar-refractivity contribution >= 4 is 28.1 Å². The van der Waals surface area contributed by atoms with Crippen LogP contribution in [-0.2, 0) is 0 Å². The molecule has 158 valence electrons. The van der Waals surface area contributed by atoms with Gasteiger partial charge in [-0.3, -0.25) is 9.78 Å². The number of nitrogens with one attached hydrogen (secondary N) is 2. The molecule has 0 amide bonds. The molecule has 0 saturated carbocycles. The summed E-state index contributed by atoms with van der Waals surface area (Å²) in [5.41, 5.74) is 3.79. The van der Waals surface area contributed by atoms with Crippen molar-refractivity contribution in [3.05, 3.63) is 68.4 Å². The molecule has 3 rings (SSSR count). The van der Waals surface area contributed by atoms with Crippen LogP contribution in [0.2, 0.25) is 0 Å². The van der Waals surface area contributed by atoms with Gasteiger partial charge >= 0.3 is 0 Å². The fourth-order valence-corrected chi connectivity index (χ4v) is 3.21. The Kier molecular flexibility index (Phi) is 7.40. The number of halogens is 1. The highest BCUT2D eigenvalue weighted by Crippen LogP contribution is 2.33. The second kappa shape index (κ2) is 10.4. The van der Waals surface area contributed by atoms with Crippen LogP contribution in [0.4, 0.5) is 5.95 Å². The van der Waals surface area contributed by atoms with Gasteiger partial charge in [-0.05, 0) is 41.9 Å². The molecule has 0 unspecified atom stereocenters. The summed E-state index contributed by atoms with van der Waals surface area (Å²) >= 11 is 3.50. The minimum absolute atomic E-state index is 0.0589. The fraction of sp³-hybridized carbons (Fsp3) is 0.182. The minimum atomic E-state index is -0.546. The first kappa shape index (κ1) is 22.1. The second-order valence-corrected chi connectivity index (χ2v) is 7.03. The van der Waals surface area contributed by atoms with E-state index in [1.807, 2.05) is 44.2 Å². The van der Waals surface area contributed by atoms with E-state index in [-0.39, 0.29) is 17.2 Å². The molecule has 3 aromatic rings. The molecule has 0 radical (unpaired) electrons. The van der Waals surface area contributed by atoms with Crippen LogP contribution in [-0.4, -0.2) is 29.4 Å². The van der Waals surface area contributed by atoms with Gasteiger partial charge in [-0.2, -0.15) is 10.4 Å². The zero-order valence-corrected chi connectivity index (χ0v) is 18.6. The van der Waals surface area contributed by atoms with Gasteiger partial charge in [0.1, 0.15) is 11.6 Å². The Bertz CT molecular complexity index is 1190. The Labute approximate surface area is 187 Å². The third-order valence-electron chi connectivity index (χ3n) is 4.12. The number of aromatic amines is 1. The van der Waals surface area contributed by atoms with E-state index in [4.69, 9.17) is 9.47 Å². The van der Waals surface area contributed by atoms with E-state index >= 15 is 0 Å². The van der Waals surface area contributed by atoms with Crippen LogP contribution in [0.15, 0.2) is 56.8 Å². The maximum atomic E-state index is 12.3. The van der Waals surface area contributed by atoms with Gasteiger partial charge in [0.2, 0.25) is 5.95 Å². The summed E-state index contributed by atoms with van der Waals surface area (Å²) in [6.07, 6.45) is 1.56. The number of rotatable bonds is 8. The number of anilines is 1. The molecule has 9 heteroatoms. The summed E-state index contributed by atoms with van der Waals surface area (Å²) in [5, 5.41) is 13.5. The largest absolute Gasteiger partial charge is 0.490 e. The van der Waals surface area contributed by atoms with Crippen molar-refractivity contribution in [1.82, 2.24) is 9.97 Å². The molecule has 2 N–H and O–H groups in total. The van der Waals surface area contributed by atoms with Gasteiger partial charge in [-0.1, -0.05) is 30.3 Å². The van der Waals surface area contributed by atoms with Crippen molar-refractivity contribution in [1.29, 1.82) is 5.26 Å². The normalized spacial score (nSPS) is 10.6. The van der Waals surface area contributed by atoms with Crippen molar-refractivity contribution in [2.45, 2.75) is 13.8 Å². The second-order valence-electron chi connectivity index (χ2n) is 6.17. The number of hydrogen-bond acceptors (Lipinski definition) is 7. The molecule has 1 heterocycles. The van der Waals surface area contributed by atoms with Crippen LogP contribution >= 0.6 is 15.9 Å². The van der Waals surface area contributed by atoms with E-state index in [9.17, 15) is 10.1 Å². The number of H-pyrrole nitrogens is 1. The average Bonchev–Trinajstić information content (AvgIpc) is 2.77. The highest BCUT2D eigenvalue weighted by Gasteiger charge is 2.13. The molecule has 0 spiro atoms. The van der Waals surface area contributed by atoms with E-state index in [2.05, 4.69) is 36.4 Å². The molecule has 31 heavy (non-hydrogen) atoms. The van der Waals surface area contributed by atoms with Gasteiger partial charge in [0, 0.05) is 15.6 Å². The number of benzene rings is 2. The molecular weight excluding hydrogens is 462 g/mol. The van der Waals surface area contributed by atoms with Gasteiger partial charge in [0.05, 0.1) is 25.1 Å². The molecule has 8 nitrogen and oxygen atoms in total. The zero-order chi connectivity index (χ0) is 22.2. The Balaban J connectivity index is 1.89. The first-order valence-corrected chi connectivity index (χ1v) is 10.3. The van der Waals surface area contributed by atoms with Gasteiger partial charge in [0.25, 0.3) is 5.56 Å². The summed E-state index contributed by atoms with van der Waals surface area (Å²) in [5.74, 6) is 1.35. The Morgan fingerprint density at radius 1 is 1.19 bits per heavy atom. The number of nitriles is 1. The molecule has 2 aromatic carbocycles. The van der Waals surface area contributed by atoms with E-state index < -0.39 is 5.56 Å². The predicted octanol–water partition coefficient (Wildman–Crippen LogP) is 4.31. The van der Waals surface area contributed by atoms with E-state index in [0.29, 0.717) is 30.3 Å². The van der Waals surface area contributed by atoms with Gasteiger partial charge in [0.15, 0.2) is 11.5 Å². The van der Waals surface area contributed by atoms with E-state index in [1.54, 1.807) is 24.4 Å². The molecule has 0 aliphatic heterocycles. The number of aromatic nitrogens is 2. The molecule has 1 aromatic heterocycles. The molecule has 0 aliphatic carbocycles. The maximum absolute atomic E-state index is 12.3. The average molecular weight is 482 g/mol. The molecule has 0 atom stereocenters. The fourth-order valence-electron chi connectivity index (χ4n) is 2.78. The lowest BCUT2D eigenvalue weighted by atomic mass is 10.1. The number of ether oxygens (including phenoxy) is 2. The van der Waals surface area contributed by atoms with Gasteiger partial charge < -0.3 is 9.47 Å². The summed E-state index contributed by atoms with van der Waals surface area (Å²) in [4.78, 5) is 19.2. The Hall–Kier alpha value is -3.64.